The summed E-state index contributed by atoms with van der Waals surface area (Å²) in [5.41, 5.74) is 0.464. The maximum Gasteiger partial charge on any atom is 0.416 e. The van der Waals surface area contributed by atoms with Gasteiger partial charge in [0.15, 0.2) is 5.65 Å². The van der Waals surface area contributed by atoms with Gasteiger partial charge in [-0.05, 0) is 24.2 Å². The third-order valence-electron chi connectivity index (χ3n) is 3.78. The molecule has 0 saturated carbocycles. The molecule has 0 aliphatic heterocycles. The fourth-order valence-corrected chi connectivity index (χ4v) is 2.84. The Kier molecular flexibility index (Phi) is 2.56. The van der Waals surface area contributed by atoms with E-state index >= 15 is 0 Å². The Balaban J connectivity index is 2.13. The molecule has 23 heavy (non-hydrogen) atoms. The molecule has 2 aromatic heterocycles. The van der Waals surface area contributed by atoms with Crippen LogP contribution in [0.5, 0.6) is 0 Å². The first-order valence-electron chi connectivity index (χ1n) is 7.48. The molecule has 2 heterocycles. The van der Waals surface area contributed by atoms with Crippen LogP contribution >= 0.6 is 0 Å². The minimum atomic E-state index is -4.57. The van der Waals surface area contributed by atoms with Crippen LogP contribution in [-0.4, -0.2) is 14.3 Å². The van der Waals surface area contributed by atoms with Gasteiger partial charge >= 0.3 is 6.18 Å². The first-order chi connectivity index (χ1) is 11.4. The quantitative estimate of drug-likeness (QED) is 0.506. The van der Waals surface area contributed by atoms with E-state index in [1.807, 2.05) is 30.5 Å². The van der Waals surface area contributed by atoms with Gasteiger partial charge in [0.1, 0.15) is 0 Å². The van der Waals surface area contributed by atoms with Gasteiger partial charge in [0, 0.05) is 29.7 Å². The Labute approximate surface area is 131 Å². The average molecular weight is 316 g/mol. The minimum absolute atomic E-state index is 0.162. The summed E-state index contributed by atoms with van der Waals surface area (Å²) in [6, 6.07) is 10.6. The summed E-state index contributed by atoms with van der Waals surface area (Å²) in [6.45, 7) is 0. The SMILES string of the molecule is [2H]c1c(-n2c3ccccc3c3cn(C)nc32)cccc1C(F)(F)F. The van der Waals surface area contributed by atoms with Gasteiger partial charge in [-0.2, -0.15) is 18.3 Å². The van der Waals surface area contributed by atoms with Crippen LogP contribution in [0.25, 0.3) is 27.6 Å². The molecule has 0 unspecified atom stereocenters. The number of rotatable bonds is 1. The number of nitrogens with zero attached hydrogens (tertiary/aromatic N) is 3. The lowest BCUT2D eigenvalue weighted by atomic mass is 10.2. The summed E-state index contributed by atoms with van der Waals surface area (Å²) in [5.74, 6) is 0. The fourth-order valence-electron chi connectivity index (χ4n) is 2.84. The molecular weight excluding hydrogens is 303 g/mol. The molecule has 0 spiro atoms. The monoisotopic (exact) mass is 316 g/mol. The second-order valence-electron chi connectivity index (χ2n) is 5.34. The molecule has 0 fully saturated rings. The van der Waals surface area contributed by atoms with Crippen molar-refractivity contribution in [2.24, 2.45) is 7.05 Å². The number of hydrogen-bond donors (Lipinski definition) is 0. The summed E-state index contributed by atoms with van der Waals surface area (Å²) in [6.07, 6.45) is -2.75. The molecule has 2 aromatic carbocycles. The number of halogens is 3. The lowest BCUT2D eigenvalue weighted by molar-refractivity contribution is -0.137. The second kappa shape index (κ2) is 4.62. The number of benzene rings is 2. The largest absolute Gasteiger partial charge is 0.416 e. The Morgan fingerprint density at radius 3 is 2.61 bits per heavy atom. The number of aryl methyl sites for hydroxylation is 1. The first-order valence-corrected chi connectivity index (χ1v) is 6.98. The number of hydrogen-bond acceptors (Lipinski definition) is 1. The molecule has 0 radical (unpaired) electrons. The van der Waals surface area contributed by atoms with E-state index in [1.165, 1.54) is 12.1 Å². The topological polar surface area (TPSA) is 22.8 Å². The Morgan fingerprint density at radius 1 is 1.04 bits per heavy atom. The van der Waals surface area contributed by atoms with Gasteiger partial charge in [-0.1, -0.05) is 24.3 Å². The van der Waals surface area contributed by atoms with Crippen LogP contribution in [0.4, 0.5) is 13.2 Å². The second-order valence-corrected chi connectivity index (χ2v) is 5.34. The van der Waals surface area contributed by atoms with Crippen LogP contribution in [0.15, 0.2) is 54.7 Å². The molecule has 0 N–H and O–H groups in total. The average Bonchev–Trinajstić information content (AvgIpc) is 3.02. The standard InChI is InChI=1S/C17H12F3N3/c1-22-10-14-13-7-2-3-8-15(13)23(16(14)21-22)12-6-4-5-11(9-12)17(18,19)20/h2-10H,1H3/i9D. The number of fused-ring (bicyclic) bond motifs is 3. The molecule has 0 atom stereocenters. The van der Waals surface area contributed by atoms with E-state index in [0.29, 0.717) is 5.65 Å². The normalized spacial score (nSPS) is 13.0. The van der Waals surface area contributed by atoms with Crippen LogP contribution in [0.3, 0.4) is 0 Å². The van der Waals surface area contributed by atoms with Crippen LogP contribution in [0.1, 0.15) is 6.93 Å². The van der Waals surface area contributed by atoms with Crippen LogP contribution in [-0.2, 0) is 13.2 Å². The highest BCUT2D eigenvalue weighted by Gasteiger charge is 2.30. The van der Waals surface area contributed by atoms with Gasteiger partial charge in [0.25, 0.3) is 0 Å². The predicted molar refractivity (Wildman–Crippen MR) is 82.5 cm³/mol. The molecule has 3 nitrogen and oxygen atoms in total. The maximum absolute atomic E-state index is 13.2. The van der Waals surface area contributed by atoms with Gasteiger partial charge in [0.05, 0.1) is 12.5 Å². The zero-order chi connectivity index (χ0) is 17.1. The molecule has 0 saturated heterocycles. The molecule has 0 aliphatic rings. The maximum atomic E-state index is 13.2. The third-order valence-corrected chi connectivity index (χ3v) is 3.78. The Morgan fingerprint density at radius 2 is 1.83 bits per heavy atom. The van der Waals surface area contributed by atoms with Crippen molar-refractivity contribution < 1.29 is 14.5 Å². The lowest BCUT2D eigenvalue weighted by Crippen LogP contribution is -2.06. The molecule has 0 bridgehead atoms. The predicted octanol–water partition coefficient (Wildman–Crippen LogP) is 4.54. The van der Waals surface area contributed by atoms with Crippen molar-refractivity contribution in [1.82, 2.24) is 14.3 Å². The zero-order valence-corrected chi connectivity index (χ0v) is 12.1. The number of para-hydroxylation sites is 1. The van der Waals surface area contributed by atoms with Crippen molar-refractivity contribution >= 4 is 21.9 Å². The van der Waals surface area contributed by atoms with E-state index < -0.39 is 17.8 Å². The van der Waals surface area contributed by atoms with E-state index in [1.54, 1.807) is 16.3 Å². The lowest BCUT2D eigenvalue weighted by Gasteiger charge is -2.11. The van der Waals surface area contributed by atoms with Crippen LogP contribution in [0, 0.1) is 0 Å². The third kappa shape index (κ3) is 2.10. The zero-order valence-electron chi connectivity index (χ0n) is 13.1. The number of aromatic nitrogens is 3. The highest BCUT2D eigenvalue weighted by atomic mass is 19.4. The van der Waals surface area contributed by atoms with E-state index in [4.69, 9.17) is 1.37 Å². The van der Waals surface area contributed by atoms with Crippen LogP contribution in [0.2, 0.25) is 0 Å². The smallest absolute Gasteiger partial charge is 0.292 e. The van der Waals surface area contributed by atoms with Gasteiger partial charge in [-0.25, -0.2) is 0 Å². The van der Waals surface area contributed by atoms with Gasteiger partial charge in [-0.15, -0.1) is 0 Å². The summed E-state index contributed by atoms with van der Waals surface area (Å²) < 4.78 is 50.7. The Hall–Kier alpha value is -2.76. The highest BCUT2D eigenvalue weighted by Crippen LogP contribution is 2.34. The van der Waals surface area contributed by atoms with E-state index in [2.05, 4.69) is 5.10 Å². The first kappa shape index (κ1) is 12.8. The van der Waals surface area contributed by atoms with E-state index in [-0.39, 0.29) is 5.69 Å². The summed E-state index contributed by atoms with van der Waals surface area (Å²) in [5, 5.41) is 6.10. The van der Waals surface area contributed by atoms with Gasteiger partial charge in [0.2, 0.25) is 0 Å². The molecular formula is C17H12F3N3. The summed E-state index contributed by atoms with van der Waals surface area (Å²) >= 11 is 0. The van der Waals surface area contributed by atoms with Crippen molar-refractivity contribution in [2.45, 2.75) is 6.18 Å². The van der Waals surface area contributed by atoms with Crippen molar-refractivity contribution in [3.8, 4) is 5.69 Å². The molecule has 4 rings (SSSR count). The highest BCUT2D eigenvalue weighted by molar-refractivity contribution is 6.07. The molecule has 6 heteroatoms. The Bertz CT molecular complexity index is 1080. The van der Waals surface area contributed by atoms with E-state index in [9.17, 15) is 13.2 Å². The number of alkyl halides is 3. The van der Waals surface area contributed by atoms with Crippen molar-refractivity contribution in [2.75, 3.05) is 0 Å². The van der Waals surface area contributed by atoms with Gasteiger partial charge < -0.3 is 0 Å². The molecule has 0 amide bonds. The fraction of sp³-hybridized carbons (Fsp3) is 0.118. The molecule has 4 aromatic rings. The van der Waals surface area contributed by atoms with Crippen molar-refractivity contribution in [3.63, 3.8) is 0 Å². The van der Waals surface area contributed by atoms with E-state index in [0.717, 1.165) is 22.4 Å². The van der Waals surface area contributed by atoms with Crippen molar-refractivity contribution in [3.05, 3.63) is 60.3 Å². The molecule has 0 aliphatic carbocycles. The molecule has 116 valence electrons. The minimum Gasteiger partial charge on any atom is -0.292 e. The van der Waals surface area contributed by atoms with Crippen molar-refractivity contribution in [1.29, 1.82) is 0 Å². The van der Waals surface area contributed by atoms with Crippen LogP contribution < -0.4 is 0 Å². The summed E-state index contributed by atoms with van der Waals surface area (Å²) in [7, 11) is 1.76. The summed E-state index contributed by atoms with van der Waals surface area (Å²) in [4.78, 5) is 0. The van der Waals surface area contributed by atoms with Gasteiger partial charge in [-0.3, -0.25) is 9.25 Å².